The Morgan fingerprint density at radius 3 is 2.82 bits per heavy atom. The number of carbonyl (C=O) groups excluding carboxylic acids is 1. The lowest BCUT2D eigenvalue weighted by Crippen LogP contribution is -2.36. The fraction of sp³-hybridized carbons (Fsp3) is 0.409. The summed E-state index contributed by atoms with van der Waals surface area (Å²) in [4.78, 5) is 15.8. The summed E-state index contributed by atoms with van der Waals surface area (Å²) in [6.07, 6.45) is 1.51. The van der Waals surface area contributed by atoms with Gasteiger partial charge in [-0.25, -0.2) is 0 Å². The predicted molar refractivity (Wildman–Crippen MR) is 113 cm³/mol. The van der Waals surface area contributed by atoms with Crippen molar-refractivity contribution in [3.8, 4) is 0 Å². The lowest BCUT2D eigenvalue weighted by molar-refractivity contribution is -0.118. The fourth-order valence-electron chi connectivity index (χ4n) is 4.17. The van der Waals surface area contributed by atoms with Gasteiger partial charge in [0.05, 0.1) is 22.9 Å². The molecule has 1 N–H and O–H groups in total. The van der Waals surface area contributed by atoms with Crippen LogP contribution in [-0.2, 0) is 16.0 Å². The average molecular weight is 418 g/mol. The zero-order chi connectivity index (χ0) is 19.8. The SMILES string of the molecule is CC1OCCC(O)C1c1cccc(Sc2cc(Cl)c3c(c2)CCC(=O)N3C)c1. The van der Waals surface area contributed by atoms with E-state index >= 15 is 0 Å². The zero-order valence-corrected chi connectivity index (χ0v) is 17.6. The van der Waals surface area contributed by atoms with Crippen LogP contribution in [-0.4, -0.2) is 36.9 Å². The lowest BCUT2D eigenvalue weighted by atomic mass is 9.86. The van der Waals surface area contributed by atoms with E-state index in [1.54, 1.807) is 23.7 Å². The van der Waals surface area contributed by atoms with Gasteiger partial charge in [0.15, 0.2) is 0 Å². The van der Waals surface area contributed by atoms with Crippen LogP contribution in [0.4, 0.5) is 5.69 Å². The van der Waals surface area contributed by atoms with Crippen molar-refractivity contribution in [2.75, 3.05) is 18.6 Å². The minimum Gasteiger partial charge on any atom is -0.392 e. The smallest absolute Gasteiger partial charge is 0.227 e. The third kappa shape index (κ3) is 3.81. The number of halogens is 1. The van der Waals surface area contributed by atoms with Gasteiger partial charge >= 0.3 is 0 Å². The van der Waals surface area contributed by atoms with Crippen molar-refractivity contribution in [2.45, 2.75) is 54.1 Å². The van der Waals surface area contributed by atoms with Crippen LogP contribution < -0.4 is 4.90 Å². The Labute approximate surface area is 174 Å². The molecule has 0 aliphatic carbocycles. The van der Waals surface area contributed by atoms with Crippen LogP contribution in [0.3, 0.4) is 0 Å². The van der Waals surface area contributed by atoms with E-state index in [9.17, 15) is 9.90 Å². The van der Waals surface area contributed by atoms with Gasteiger partial charge in [0.2, 0.25) is 5.91 Å². The normalized spacial score (nSPS) is 24.9. The van der Waals surface area contributed by atoms with Crippen LogP contribution in [0.2, 0.25) is 5.02 Å². The molecular formula is C22H24ClNO3S. The quantitative estimate of drug-likeness (QED) is 0.789. The molecular weight excluding hydrogens is 394 g/mol. The van der Waals surface area contributed by atoms with Crippen LogP contribution in [0.25, 0.3) is 0 Å². The van der Waals surface area contributed by atoms with Crippen molar-refractivity contribution in [1.82, 2.24) is 0 Å². The first kappa shape index (κ1) is 19.8. The summed E-state index contributed by atoms with van der Waals surface area (Å²) < 4.78 is 5.75. The van der Waals surface area contributed by atoms with E-state index in [0.29, 0.717) is 24.5 Å². The summed E-state index contributed by atoms with van der Waals surface area (Å²) in [5, 5.41) is 11.1. The second-order valence-corrected chi connectivity index (χ2v) is 9.05. The van der Waals surface area contributed by atoms with Crippen molar-refractivity contribution >= 4 is 35.0 Å². The standard InChI is InChI=1S/C22H24ClNO3S/c1-13-21(19(25)8-9-27-13)14-4-3-5-16(10-14)28-17-11-15-6-7-20(26)24(2)22(15)18(23)12-17/h3-5,10-13,19,21,25H,6-9H2,1-2H3. The van der Waals surface area contributed by atoms with Crippen molar-refractivity contribution in [3.05, 3.63) is 52.5 Å². The molecule has 1 amide bonds. The van der Waals surface area contributed by atoms with Crippen molar-refractivity contribution in [2.24, 2.45) is 0 Å². The Balaban J connectivity index is 1.60. The van der Waals surface area contributed by atoms with Gasteiger partial charge in [0.1, 0.15) is 0 Å². The number of ether oxygens (including phenoxy) is 1. The number of nitrogens with zero attached hydrogens (tertiary/aromatic N) is 1. The van der Waals surface area contributed by atoms with E-state index in [2.05, 4.69) is 24.3 Å². The highest BCUT2D eigenvalue weighted by Gasteiger charge is 2.31. The molecule has 3 atom stereocenters. The molecule has 2 aliphatic rings. The topological polar surface area (TPSA) is 49.8 Å². The molecule has 0 radical (unpaired) electrons. The van der Waals surface area contributed by atoms with E-state index in [-0.39, 0.29) is 24.0 Å². The van der Waals surface area contributed by atoms with Gasteiger partial charge in [-0.2, -0.15) is 0 Å². The number of hydrogen-bond acceptors (Lipinski definition) is 4. The van der Waals surface area contributed by atoms with E-state index < -0.39 is 0 Å². The fourth-order valence-corrected chi connectivity index (χ4v) is 5.60. The van der Waals surface area contributed by atoms with Gasteiger partial charge in [-0.1, -0.05) is 35.5 Å². The zero-order valence-electron chi connectivity index (χ0n) is 16.0. The second kappa shape index (κ2) is 8.07. The van der Waals surface area contributed by atoms with Crippen LogP contribution in [0, 0.1) is 0 Å². The third-order valence-corrected chi connectivity index (χ3v) is 6.88. The molecule has 1 fully saturated rings. The van der Waals surface area contributed by atoms with E-state index in [4.69, 9.17) is 16.3 Å². The maximum atomic E-state index is 12.0. The average Bonchev–Trinajstić information content (AvgIpc) is 2.65. The summed E-state index contributed by atoms with van der Waals surface area (Å²) in [5.74, 6) is 0.0889. The van der Waals surface area contributed by atoms with Crippen LogP contribution in [0.5, 0.6) is 0 Å². The van der Waals surface area contributed by atoms with Gasteiger partial charge in [-0.3, -0.25) is 4.79 Å². The largest absolute Gasteiger partial charge is 0.392 e. The second-order valence-electron chi connectivity index (χ2n) is 7.50. The van der Waals surface area contributed by atoms with Crippen LogP contribution in [0.15, 0.2) is 46.2 Å². The minimum absolute atomic E-state index is 0.00439. The summed E-state index contributed by atoms with van der Waals surface area (Å²) >= 11 is 8.16. The summed E-state index contributed by atoms with van der Waals surface area (Å²) in [7, 11) is 1.78. The highest BCUT2D eigenvalue weighted by atomic mass is 35.5. The molecule has 4 nitrogen and oxygen atoms in total. The molecule has 4 rings (SSSR count). The van der Waals surface area contributed by atoms with Gasteiger partial charge in [-0.15, -0.1) is 0 Å². The maximum absolute atomic E-state index is 12.0. The molecule has 0 spiro atoms. The molecule has 2 aromatic carbocycles. The molecule has 2 aliphatic heterocycles. The maximum Gasteiger partial charge on any atom is 0.227 e. The Morgan fingerprint density at radius 2 is 2.04 bits per heavy atom. The number of amides is 1. The number of rotatable bonds is 3. The number of benzene rings is 2. The molecule has 3 unspecified atom stereocenters. The Bertz CT molecular complexity index is 893. The Hall–Kier alpha value is -1.53. The van der Waals surface area contributed by atoms with Crippen LogP contribution >= 0.6 is 23.4 Å². The predicted octanol–water partition coefficient (Wildman–Crippen LogP) is 4.65. The number of anilines is 1. The van der Waals surface area contributed by atoms with Gasteiger partial charge in [0.25, 0.3) is 0 Å². The first-order valence-corrected chi connectivity index (χ1v) is 10.8. The minimum atomic E-state index is -0.379. The Morgan fingerprint density at radius 1 is 1.21 bits per heavy atom. The number of aryl methyl sites for hydroxylation is 1. The van der Waals surface area contributed by atoms with E-state index in [1.807, 2.05) is 19.1 Å². The van der Waals surface area contributed by atoms with Crippen molar-refractivity contribution in [1.29, 1.82) is 0 Å². The van der Waals surface area contributed by atoms with Crippen molar-refractivity contribution < 1.29 is 14.6 Å². The molecule has 148 valence electrons. The Kier molecular flexibility index (Phi) is 5.70. The first-order valence-electron chi connectivity index (χ1n) is 9.60. The molecule has 1 saturated heterocycles. The van der Waals surface area contributed by atoms with E-state index in [0.717, 1.165) is 33.0 Å². The number of aliphatic hydroxyl groups is 1. The van der Waals surface area contributed by atoms with Crippen LogP contribution in [0.1, 0.15) is 36.8 Å². The molecule has 28 heavy (non-hydrogen) atoms. The summed E-state index contributed by atoms with van der Waals surface area (Å²) in [6, 6.07) is 12.3. The lowest BCUT2D eigenvalue weighted by Gasteiger charge is -2.34. The van der Waals surface area contributed by atoms with Gasteiger partial charge < -0.3 is 14.7 Å². The molecule has 2 heterocycles. The molecule has 0 aromatic heterocycles. The molecule has 6 heteroatoms. The number of aliphatic hydroxyl groups excluding tert-OH is 1. The van der Waals surface area contributed by atoms with Gasteiger partial charge in [0, 0.05) is 35.8 Å². The van der Waals surface area contributed by atoms with Crippen molar-refractivity contribution in [3.63, 3.8) is 0 Å². The molecule has 0 saturated carbocycles. The number of hydrogen-bond donors (Lipinski definition) is 1. The molecule has 0 bridgehead atoms. The summed E-state index contributed by atoms with van der Waals surface area (Å²) in [5.41, 5.74) is 3.03. The summed E-state index contributed by atoms with van der Waals surface area (Å²) in [6.45, 7) is 2.63. The monoisotopic (exact) mass is 417 g/mol. The molecule has 2 aromatic rings. The number of carbonyl (C=O) groups is 1. The highest BCUT2D eigenvalue weighted by molar-refractivity contribution is 7.99. The highest BCUT2D eigenvalue weighted by Crippen LogP contribution is 2.40. The first-order chi connectivity index (χ1) is 13.4. The number of fused-ring (bicyclic) bond motifs is 1. The van der Waals surface area contributed by atoms with E-state index in [1.165, 1.54) is 0 Å². The third-order valence-electron chi connectivity index (χ3n) is 5.63. The van der Waals surface area contributed by atoms with Gasteiger partial charge in [-0.05, 0) is 55.2 Å².